The minimum absolute atomic E-state index is 0.131. The number of rotatable bonds is 10. The average Bonchev–Trinajstić information content (AvgIpc) is 3.57. The second-order valence-corrected chi connectivity index (χ2v) is 13.8. The fraction of sp³-hybridized carbons (Fsp3) is 0.500. The molecule has 2 aromatic heterocycles. The molecule has 232 valence electrons. The number of nitrogens with two attached hydrogens (primary N) is 1. The van der Waals surface area contributed by atoms with Crippen LogP contribution in [0.3, 0.4) is 0 Å². The van der Waals surface area contributed by atoms with Crippen LogP contribution in [0.5, 0.6) is 0 Å². The maximum Gasteiger partial charge on any atom is 0.490 e. The fourth-order valence-electron chi connectivity index (χ4n) is 4.84. The van der Waals surface area contributed by atoms with Gasteiger partial charge >= 0.3 is 12.1 Å². The second kappa shape index (κ2) is 14.0. The van der Waals surface area contributed by atoms with Gasteiger partial charge in [-0.3, -0.25) is 4.79 Å². The molecule has 5 N–H and O–H groups in total. The third kappa shape index (κ3) is 8.55. The number of alkyl halides is 3. The van der Waals surface area contributed by atoms with Crippen LogP contribution < -0.4 is 11.1 Å². The van der Waals surface area contributed by atoms with Crippen LogP contribution in [0.1, 0.15) is 60.3 Å². The van der Waals surface area contributed by atoms with Gasteiger partial charge < -0.3 is 21.1 Å². The Morgan fingerprint density at radius 2 is 1.83 bits per heavy atom. The molecule has 0 unspecified atom stereocenters. The van der Waals surface area contributed by atoms with Crippen molar-refractivity contribution < 1.29 is 36.3 Å². The number of fused-ring (bicyclic) bond motifs is 1. The first-order valence-corrected chi connectivity index (χ1v) is 16.1. The Kier molecular flexibility index (Phi) is 11.2. The van der Waals surface area contributed by atoms with Crippen molar-refractivity contribution in [2.75, 3.05) is 31.9 Å². The van der Waals surface area contributed by atoms with Crippen molar-refractivity contribution in [3.8, 4) is 11.1 Å². The van der Waals surface area contributed by atoms with E-state index >= 15 is 0 Å². The van der Waals surface area contributed by atoms with Crippen LogP contribution in [-0.2, 0) is 21.2 Å². The van der Waals surface area contributed by atoms with Gasteiger partial charge in [-0.05, 0) is 91.4 Å². The number of nitrogens with one attached hydrogen (secondary N) is 2. The predicted molar refractivity (Wildman–Crippen MR) is 158 cm³/mol. The summed E-state index contributed by atoms with van der Waals surface area (Å²) in [5.41, 5.74) is 10.2. The Morgan fingerprint density at radius 3 is 2.38 bits per heavy atom. The standard InChI is InChI=1S/C26H36N4O3S2.C2HF3O2/c1-4-35(32,33)30-9-6-18(7-10-30)24-15-29-25-22(24)12-19(13-23(25)26(27)31)20-11-21(34-16-20)5-8-28-14-17(2)3;3-2(4,5)1(6)7/h11-13,15-18,28-29H,4-10,14H2,1-3H3,(H2,27,31);(H,6,7). The van der Waals surface area contributed by atoms with E-state index in [1.165, 1.54) is 4.88 Å². The highest BCUT2D eigenvalue weighted by Gasteiger charge is 2.38. The molecule has 9 nitrogen and oxygen atoms in total. The summed E-state index contributed by atoms with van der Waals surface area (Å²) in [6.45, 7) is 9.09. The molecule has 1 aliphatic heterocycles. The summed E-state index contributed by atoms with van der Waals surface area (Å²) in [5.74, 6) is -2.22. The number of carboxylic acids is 1. The Hall–Kier alpha value is -2.94. The number of carboxylic acid groups (broad SMARTS) is 1. The number of benzene rings is 1. The van der Waals surface area contributed by atoms with Crippen LogP contribution in [0.15, 0.2) is 29.8 Å². The van der Waals surface area contributed by atoms with Gasteiger partial charge in [-0.25, -0.2) is 17.5 Å². The van der Waals surface area contributed by atoms with Gasteiger partial charge in [-0.2, -0.15) is 13.2 Å². The van der Waals surface area contributed by atoms with Crippen molar-refractivity contribution in [1.82, 2.24) is 14.6 Å². The van der Waals surface area contributed by atoms with Gasteiger partial charge in [0.05, 0.1) is 16.8 Å². The van der Waals surface area contributed by atoms with Gasteiger partial charge in [0.25, 0.3) is 5.91 Å². The summed E-state index contributed by atoms with van der Waals surface area (Å²) in [6, 6.07) is 6.23. The molecule has 0 bridgehead atoms. The van der Waals surface area contributed by atoms with E-state index in [9.17, 15) is 26.4 Å². The topological polar surface area (TPSA) is 146 Å². The first-order valence-electron chi connectivity index (χ1n) is 13.6. The normalized spacial score (nSPS) is 15.1. The molecule has 14 heteroatoms. The number of aromatic amines is 1. The number of aromatic nitrogens is 1. The van der Waals surface area contributed by atoms with Crippen molar-refractivity contribution in [1.29, 1.82) is 0 Å². The number of hydrogen-bond acceptors (Lipinski definition) is 6. The second-order valence-electron chi connectivity index (χ2n) is 10.6. The van der Waals surface area contributed by atoms with E-state index < -0.39 is 28.1 Å². The van der Waals surface area contributed by atoms with E-state index in [-0.39, 0.29) is 11.7 Å². The van der Waals surface area contributed by atoms with Gasteiger partial charge in [-0.15, -0.1) is 11.3 Å². The third-order valence-corrected chi connectivity index (χ3v) is 9.95. The van der Waals surface area contributed by atoms with E-state index in [0.717, 1.165) is 59.9 Å². The summed E-state index contributed by atoms with van der Waals surface area (Å²) in [6.07, 6.45) is -0.630. The number of halogens is 3. The lowest BCUT2D eigenvalue weighted by molar-refractivity contribution is -0.192. The SMILES string of the molecule is CCS(=O)(=O)N1CCC(c2c[nH]c3c(C(N)=O)cc(-c4csc(CCNCC(C)C)c4)cc23)CC1.O=C(O)C(F)(F)F. The van der Waals surface area contributed by atoms with E-state index in [0.29, 0.717) is 24.6 Å². The summed E-state index contributed by atoms with van der Waals surface area (Å²) in [7, 11) is -3.17. The molecule has 42 heavy (non-hydrogen) atoms. The number of carbonyl (C=O) groups is 2. The summed E-state index contributed by atoms with van der Waals surface area (Å²) in [4.78, 5) is 25.8. The fourth-order valence-corrected chi connectivity index (χ4v) is 6.87. The zero-order valence-electron chi connectivity index (χ0n) is 23.8. The number of piperidine rings is 1. The molecular weight excluding hydrogens is 593 g/mol. The minimum Gasteiger partial charge on any atom is -0.475 e. The van der Waals surface area contributed by atoms with E-state index in [1.807, 2.05) is 12.3 Å². The number of carbonyl (C=O) groups excluding carboxylic acids is 1. The van der Waals surface area contributed by atoms with Gasteiger partial charge in [0, 0.05) is 29.5 Å². The molecule has 0 radical (unpaired) electrons. The molecule has 1 saturated heterocycles. The molecule has 1 amide bonds. The maximum absolute atomic E-state index is 12.3. The lowest BCUT2D eigenvalue weighted by Crippen LogP contribution is -2.38. The van der Waals surface area contributed by atoms with Crippen LogP contribution in [0.2, 0.25) is 0 Å². The lowest BCUT2D eigenvalue weighted by Gasteiger charge is -2.31. The Bertz CT molecular complexity index is 1490. The quantitative estimate of drug-likeness (QED) is 0.234. The zero-order chi connectivity index (χ0) is 31.2. The minimum atomic E-state index is -5.08. The van der Waals surface area contributed by atoms with E-state index in [4.69, 9.17) is 15.6 Å². The number of hydrogen-bond donors (Lipinski definition) is 4. The Morgan fingerprint density at radius 1 is 1.19 bits per heavy atom. The molecular formula is C28H37F3N4O5S2. The highest BCUT2D eigenvalue weighted by atomic mass is 32.2. The number of aliphatic carboxylic acids is 1. The Labute approximate surface area is 247 Å². The number of amides is 1. The monoisotopic (exact) mass is 630 g/mol. The molecule has 0 atom stereocenters. The average molecular weight is 631 g/mol. The number of sulfonamides is 1. The number of primary amides is 1. The molecule has 0 spiro atoms. The first-order chi connectivity index (χ1) is 19.6. The van der Waals surface area contributed by atoms with Crippen LogP contribution in [-0.4, -0.2) is 72.8 Å². The molecule has 1 aromatic carbocycles. The summed E-state index contributed by atoms with van der Waals surface area (Å²) < 4.78 is 57.9. The van der Waals surface area contributed by atoms with E-state index in [1.54, 1.807) is 22.6 Å². The largest absolute Gasteiger partial charge is 0.490 e. The molecule has 3 heterocycles. The van der Waals surface area contributed by atoms with Gasteiger partial charge in [-0.1, -0.05) is 13.8 Å². The molecule has 0 saturated carbocycles. The van der Waals surface area contributed by atoms with Crippen LogP contribution >= 0.6 is 11.3 Å². The van der Waals surface area contributed by atoms with Gasteiger partial charge in [0.2, 0.25) is 10.0 Å². The molecule has 1 fully saturated rings. The molecule has 0 aliphatic carbocycles. The highest BCUT2D eigenvalue weighted by Crippen LogP contribution is 2.38. The third-order valence-electron chi connectivity index (χ3n) is 7.07. The van der Waals surface area contributed by atoms with Crippen LogP contribution in [0.4, 0.5) is 13.2 Å². The maximum atomic E-state index is 12.3. The zero-order valence-corrected chi connectivity index (χ0v) is 25.4. The Balaban J connectivity index is 0.000000616. The summed E-state index contributed by atoms with van der Waals surface area (Å²) in [5, 5.41) is 13.8. The number of thiophene rings is 1. The highest BCUT2D eigenvalue weighted by molar-refractivity contribution is 7.89. The molecule has 1 aliphatic rings. The van der Waals surface area contributed by atoms with Crippen LogP contribution in [0.25, 0.3) is 22.0 Å². The first kappa shape index (κ1) is 33.6. The van der Waals surface area contributed by atoms with Crippen LogP contribution in [0, 0.1) is 5.92 Å². The molecule has 4 rings (SSSR count). The van der Waals surface area contributed by atoms with Gasteiger partial charge in [0.15, 0.2) is 0 Å². The van der Waals surface area contributed by atoms with Crippen molar-refractivity contribution >= 4 is 44.1 Å². The smallest absolute Gasteiger partial charge is 0.475 e. The van der Waals surface area contributed by atoms with Gasteiger partial charge in [0.1, 0.15) is 0 Å². The van der Waals surface area contributed by atoms with Crippen molar-refractivity contribution in [2.45, 2.75) is 52.1 Å². The lowest BCUT2D eigenvalue weighted by atomic mass is 9.88. The number of nitrogens with zero attached hydrogens (tertiary/aromatic N) is 1. The predicted octanol–water partition coefficient (Wildman–Crippen LogP) is 4.95. The van der Waals surface area contributed by atoms with Crippen molar-refractivity contribution in [2.24, 2.45) is 11.7 Å². The van der Waals surface area contributed by atoms with E-state index in [2.05, 4.69) is 41.7 Å². The molecule has 3 aromatic rings. The summed E-state index contributed by atoms with van der Waals surface area (Å²) >= 11 is 1.74. The number of H-pyrrole nitrogens is 1. The van der Waals surface area contributed by atoms with Crippen molar-refractivity contribution in [3.05, 3.63) is 45.8 Å². The van der Waals surface area contributed by atoms with Crippen molar-refractivity contribution in [3.63, 3.8) is 0 Å².